The normalized spacial score (nSPS) is 27.9. The van der Waals surface area contributed by atoms with Gasteiger partial charge in [0, 0.05) is 11.8 Å². The molecule has 1 aliphatic carbocycles. The maximum Gasteiger partial charge on any atom is 0.157 e. The monoisotopic (exact) mass is 240 g/mol. The highest BCUT2D eigenvalue weighted by Crippen LogP contribution is 2.24. The van der Waals surface area contributed by atoms with Gasteiger partial charge in [0.25, 0.3) is 0 Å². The minimum atomic E-state index is 0.540. The van der Waals surface area contributed by atoms with Gasteiger partial charge in [0.1, 0.15) is 0 Å². The van der Waals surface area contributed by atoms with Crippen LogP contribution in [-0.2, 0) is 0 Å². The second-order valence-electron chi connectivity index (χ2n) is 5.39. The van der Waals surface area contributed by atoms with Crippen molar-refractivity contribution in [3.05, 3.63) is 0 Å². The summed E-state index contributed by atoms with van der Waals surface area (Å²) >= 11 is 1.92. The van der Waals surface area contributed by atoms with E-state index in [9.17, 15) is 0 Å². The molecule has 0 amide bonds. The molecule has 0 bridgehead atoms. The molecule has 1 aliphatic heterocycles. The van der Waals surface area contributed by atoms with E-state index in [4.69, 9.17) is 4.99 Å². The van der Waals surface area contributed by atoms with Crippen molar-refractivity contribution in [1.29, 1.82) is 0 Å². The van der Waals surface area contributed by atoms with E-state index >= 15 is 0 Å². The second-order valence-corrected chi connectivity index (χ2v) is 6.40. The van der Waals surface area contributed by atoms with Crippen molar-refractivity contribution >= 4 is 16.9 Å². The summed E-state index contributed by atoms with van der Waals surface area (Å²) in [5.74, 6) is 1.85. The summed E-state index contributed by atoms with van der Waals surface area (Å²) in [6.07, 6.45) is 8.31. The van der Waals surface area contributed by atoms with Crippen molar-refractivity contribution in [2.45, 2.75) is 64.5 Å². The quantitative estimate of drug-likeness (QED) is 0.748. The number of hydrogen-bond acceptors (Lipinski definition) is 3. The molecule has 0 aromatic rings. The van der Waals surface area contributed by atoms with E-state index in [2.05, 4.69) is 19.2 Å². The molecule has 1 atom stereocenters. The molecule has 2 nitrogen and oxygen atoms in total. The van der Waals surface area contributed by atoms with Gasteiger partial charge in [-0.05, 0) is 18.8 Å². The van der Waals surface area contributed by atoms with E-state index < -0.39 is 0 Å². The maximum atomic E-state index is 4.78. The fraction of sp³-hybridized carbons (Fsp3) is 0.923. The van der Waals surface area contributed by atoms with Gasteiger partial charge >= 0.3 is 0 Å². The Bertz CT molecular complexity index is 242. The summed E-state index contributed by atoms with van der Waals surface area (Å²) in [6, 6.07) is 1.23. The Hall–Kier alpha value is -0.180. The molecule has 3 heteroatoms. The third-order valence-corrected chi connectivity index (χ3v) is 4.63. The summed E-state index contributed by atoms with van der Waals surface area (Å²) in [5.41, 5.74) is 0. The number of nitrogens with zero attached hydrogens (tertiary/aromatic N) is 1. The predicted octanol–water partition coefficient (Wildman–Crippen LogP) is 3.43. The van der Waals surface area contributed by atoms with Gasteiger partial charge in [-0.1, -0.05) is 51.3 Å². The van der Waals surface area contributed by atoms with Crippen LogP contribution < -0.4 is 5.32 Å². The lowest BCUT2D eigenvalue weighted by Gasteiger charge is -2.16. The number of hydrogen-bond donors (Lipinski definition) is 1. The Kier molecular flexibility index (Phi) is 4.56. The first-order chi connectivity index (χ1) is 7.75. The lowest BCUT2D eigenvalue weighted by molar-refractivity contribution is 0.523. The smallest absolute Gasteiger partial charge is 0.157 e. The van der Waals surface area contributed by atoms with Crippen LogP contribution in [0.3, 0.4) is 0 Å². The first-order valence-electron chi connectivity index (χ1n) is 6.73. The molecular formula is C13H24N2S. The van der Waals surface area contributed by atoms with E-state index in [0.29, 0.717) is 18.0 Å². The Morgan fingerprint density at radius 2 is 1.88 bits per heavy atom. The van der Waals surface area contributed by atoms with E-state index in [-0.39, 0.29) is 0 Å². The summed E-state index contributed by atoms with van der Waals surface area (Å²) in [5, 5.41) is 4.87. The van der Waals surface area contributed by atoms with Crippen molar-refractivity contribution < 1.29 is 0 Å². The summed E-state index contributed by atoms with van der Waals surface area (Å²) in [6.45, 7) is 4.53. The Labute approximate surface area is 104 Å². The molecule has 1 fully saturated rings. The summed E-state index contributed by atoms with van der Waals surface area (Å²) < 4.78 is 0. The summed E-state index contributed by atoms with van der Waals surface area (Å²) in [4.78, 5) is 4.78. The van der Waals surface area contributed by atoms with E-state index in [0.717, 1.165) is 0 Å². The molecule has 0 saturated heterocycles. The average molecular weight is 240 g/mol. The largest absolute Gasteiger partial charge is 0.362 e. The number of rotatable bonds is 2. The topological polar surface area (TPSA) is 24.4 Å². The van der Waals surface area contributed by atoms with Gasteiger partial charge in [-0.15, -0.1) is 0 Å². The van der Waals surface area contributed by atoms with Crippen LogP contribution in [0, 0.1) is 5.92 Å². The van der Waals surface area contributed by atoms with Crippen LogP contribution in [-0.4, -0.2) is 23.0 Å². The van der Waals surface area contributed by atoms with Crippen LogP contribution in [0.5, 0.6) is 0 Å². The van der Waals surface area contributed by atoms with E-state index in [1.165, 1.54) is 49.4 Å². The fourth-order valence-electron chi connectivity index (χ4n) is 2.41. The van der Waals surface area contributed by atoms with Gasteiger partial charge < -0.3 is 5.32 Å². The highest BCUT2D eigenvalue weighted by atomic mass is 32.2. The number of nitrogens with one attached hydrogen (secondary N) is 1. The van der Waals surface area contributed by atoms with Gasteiger partial charge in [-0.3, -0.25) is 4.99 Å². The van der Waals surface area contributed by atoms with Crippen molar-refractivity contribution in [3.8, 4) is 0 Å². The van der Waals surface area contributed by atoms with Gasteiger partial charge in [0.15, 0.2) is 5.17 Å². The highest BCUT2D eigenvalue weighted by molar-refractivity contribution is 8.14. The summed E-state index contributed by atoms with van der Waals surface area (Å²) in [7, 11) is 0. The molecule has 1 N–H and O–H groups in total. The third kappa shape index (κ3) is 3.41. The van der Waals surface area contributed by atoms with E-state index in [1.807, 2.05) is 11.8 Å². The zero-order chi connectivity index (χ0) is 11.4. The van der Waals surface area contributed by atoms with Gasteiger partial charge in [-0.25, -0.2) is 0 Å². The highest BCUT2D eigenvalue weighted by Gasteiger charge is 2.23. The van der Waals surface area contributed by atoms with Crippen molar-refractivity contribution in [2.24, 2.45) is 10.9 Å². The molecular weight excluding hydrogens is 216 g/mol. The van der Waals surface area contributed by atoms with Crippen LogP contribution in [0.1, 0.15) is 52.4 Å². The molecule has 1 saturated carbocycles. The Morgan fingerprint density at radius 1 is 1.19 bits per heavy atom. The van der Waals surface area contributed by atoms with Crippen LogP contribution in [0.15, 0.2) is 4.99 Å². The molecule has 92 valence electrons. The molecule has 0 aromatic heterocycles. The first kappa shape index (κ1) is 12.3. The number of thioether (sulfide) groups is 1. The average Bonchev–Trinajstić information content (AvgIpc) is 2.56. The van der Waals surface area contributed by atoms with Crippen LogP contribution in [0.4, 0.5) is 0 Å². The molecule has 0 radical (unpaired) electrons. The Balaban J connectivity index is 1.82. The van der Waals surface area contributed by atoms with Gasteiger partial charge in [0.2, 0.25) is 0 Å². The van der Waals surface area contributed by atoms with Crippen molar-refractivity contribution in [2.75, 3.05) is 5.75 Å². The Morgan fingerprint density at radius 3 is 2.44 bits per heavy atom. The minimum Gasteiger partial charge on any atom is -0.362 e. The minimum absolute atomic E-state index is 0.540. The second kappa shape index (κ2) is 5.95. The number of amidine groups is 1. The standard InChI is InChI=1S/C13H24N2S/c1-10(2)12-9-16-13(15-12)14-11-7-5-3-4-6-8-11/h10-12H,3-9H2,1-2H3,(H,14,15). The van der Waals surface area contributed by atoms with Crippen LogP contribution in [0.2, 0.25) is 0 Å². The zero-order valence-electron chi connectivity index (χ0n) is 10.5. The van der Waals surface area contributed by atoms with Gasteiger partial charge in [-0.2, -0.15) is 0 Å². The molecule has 16 heavy (non-hydrogen) atoms. The first-order valence-corrected chi connectivity index (χ1v) is 7.71. The maximum absolute atomic E-state index is 4.78. The molecule has 1 heterocycles. The molecule has 0 aromatic carbocycles. The van der Waals surface area contributed by atoms with Gasteiger partial charge in [0.05, 0.1) is 6.04 Å². The zero-order valence-corrected chi connectivity index (χ0v) is 11.4. The lowest BCUT2D eigenvalue weighted by Crippen LogP contribution is -2.31. The SMILES string of the molecule is CC(C)C1CSC(NC2CCCCCC2)=N1. The lowest BCUT2D eigenvalue weighted by atomic mass is 10.1. The third-order valence-electron chi connectivity index (χ3n) is 3.63. The number of aliphatic imine (C=N–C) groups is 1. The van der Waals surface area contributed by atoms with Crippen LogP contribution in [0.25, 0.3) is 0 Å². The fourth-order valence-corrected chi connectivity index (χ4v) is 3.66. The van der Waals surface area contributed by atoms with E-state index in [1.54, 1.807) is 0 Å². The molecule has 1 unspecified atom stereocenters. The molecule has 2 rings (SSSR count). The predicted molar refractivity (Wildman–Crippen MR) is 73.1 cm³/mol. The molecule has 2 aliphatic rings. The van der Waals surface area contributed by atoms with Crippen LogP contribution >= 0.6 is 11.8 Å². The van der Waals surface area contributed by atoms with Crippen molar-refractivity contribution in [1.82, 2.24) is 5.32 Å². The van der Waals surface area contributed by atoms with Crippen molar-refractivity contribution in [3.63, 3.8) is 0 Å². The molecule has 0 spiro atoms.